The van der Waals surface area contributed by atoms with Crippen LogP contribution in [0.25, 0.3) is 5.69 Å². The minimum Gasteiger partial charge on any atom is -0.287 e. The molecule has 0 amide bonds. The lowest BCUT2D eigenvalue weighted by Gasteiger charge is -2.13. The van der Waals surface area contributed by atoms with Gasteiger partial charge in [0.05, 0.1) is 11.1 Å². The molecule has 0 spiro atoms. The Bertz CT molecular complexity index is 848. The summed E-state index contributed by atoms with van der Waals surface area (Å²) < 4.78 is 2.52. The predicted molar refractivity (Wildman–Crippen MR) is 91.0 cm³/mol. The Labute approximate surface area is 146 Å². The Morgan fingerprint density at radius 3 is 2.83 bits per heavy atom. The van der Waals surface area contributed by atoms with Crippen molar-refractivity contribution in [3.05, 3.63) is 70.5 Å². The molecule has 0 aliphatic carbocycles. The molecule has 2 heterocycles. The molecule has 116 valence electrons. The third-order valence-electron chi connectivity index (χ3n) is 3.29. The van der Waals surface area contributed by atoms with Gasteiger partial charge in [-0.2, -0.15) is 0 Å². The highest BCUT2D eigenvalue weighted by atomic mass is 79.9. The van der Waals surface area contributed by atoms with Gasteiger partial charge >= 0.3 is 0 Å². The SMILES string of the molecule is CC(Cl)c1nncn1-c1ccc(Br)cc1C(=O)c1ccccn1. The average molecular weight is 392 g/mol. The van der Waals surface area contributed by atoms with Gasteiger partial charge in [-0.1, -0.05) is 22.0 Å². The fourth-order valence-electron chi connectivity index (χ4n) is 2.24. The van der Waals surface area contributed by atoms with Crippen LogP contribution >= 0.6 is 27.5 Å². The van der Waals surface area contributed by atoms with Gasteiger partial charge in [0.1, 0.15) is 12.0 Å². The number of aromatic nitrogens is 4. The zero-order chi connectivity index (χ0) is 16.4. The molecule has 1 aromatic carbocycles. The molecule has 0 saturated carbocycles. The third-order valence-corrected chi connectivity index (χ3v) is 3.98. The highest BCUT2D eigenvalue weighted by molar-refractivity contribution is 9.10. The van der Waals surface area contributed by atoms with E-state index in [1.54, 1.807) is 48.3 Å². The van der Waals surface area contributed by atoms with Gasteiger partial charge < -0.3 is 0 Å². The number of hydrogen-bond donors (Lipinski definition) is 0. The monoisotopic (exact) mass is 390 g/mol. The van der Waals surface area contributed by atoms with Crippen molar-refractivity contribution in [1.29, 1.82) is 0 Å². The van der Waals surface area contributed by atoms with E-state index in [1.165, 1.54) is 0 Å². The van der Waals surface area contributed by atoms with Crippen molar-refractivity contribution in [3.63, 3.8) is 0 Å². The molecule has 3 rings (SSSR count). The van der Waals surface area contributed by atoms with Crippen molar-refractivity contribution >= 4 is 33.3 Å². The highest BCUT2D eigenvalue weighted by Crippen LogP contribution is 2.26. The van der Waals surface area contributed by atoms with E-state index in [-0.39, 0.29) is 11.2 Å². The van der Waals surface area contributed by atoms with Crippen molar-refractivity contribution < 1.29 is 4.79 Å². The second-order valence-corrected chi connectivity index (χ2v) is 6.45. The van der Waals surface area contributed by atoms with E-state index in [0.717, 1.165) is 4.47 Å². The molecule has 23 heavy (non-hydrogen) atoms. The number of halogens is 2. The number of hydrogen-bond acceptors (Lipinski definition) is 4. The van der Waals surface area contributed by atoms with Crippen LogP contribution < -0.4 is 0 Å². The molecular weight excluding hydrogens is 380 g/mol. The van der Waals surface area contributed by atoms with E-state index in [2.05, 4.69) is 31.1 Å². The van der Waals surface area contributed by atoms with Crippen molar-refractivity contribution in [1.82, 2.24) is 19.7 Å². The molecule has 0 fully saturated rings. The smallest absolute Gasteiger partial charge is 0.213 e. The first-order valence-electron chi connectivity index (χ1n) is 6.87. The summed E-state index contributed by atoms with van der Waals surface area (Å²) in [5.41, 5.74) is 1.54. The largest absolute Gasteiger partial charge is 0.287 e. The fourth-order valence-corrected chi connectivity index (χ4v) is 2.75. The zero-order valence-electron chi connectivity index (χ0n) is 12.1. The Morgan fingerprint density at radius 1 is 1.30 bits per heavy atom. The number of benzene rings is 1. The van der Waals surface area contributed by atoms with E-state index in [1.807, 2.05) is 12.1 Å². The summed E-state index contributed by atoms with van der Waals surface area (Å²) in [5.74, 6) is 0.396. The van der Waals surface area contributed by atoms with Crippen LogP contribution in [0.5, 0.6) is 0 Å². The Kier molecular flexibility index (Phi) is 4.54. The van der Waals surface area contributed by atoms with Crippen molar-refractivity contribution in [2.45, 2.75) is 12.3 Å². The number of ketones is 1. The van der Waals surface area contributed by atoms with Gasteiger partial charge in [0.25, 0.3) is 0 Å². The van der Waals surface area contributed by atoms with E-state index < -0.39 is 0 Å². The number of pyridine rings is 1. The predicted octanol–water partition coefficient (Wildman–Crippen LogP) is 3.96. The number of nitrogens with zero attached hydrogens (tertiary/aromatic N) is 4. The Balaban J connectivity index is 2.16. The van der Waals surface area contributed by atoms with Crippen LogP contribution in [0.2, 0.25) is 0 Å². The Hall–Kier alpha value is -2.05. The van der Waals surface area contributed by atoms with Crippen molar-refractivity contribution in [2.75, 3.05) is 0 Å². The van der Waals surface area contributed by atoms with Gasteiger partial charge in [0, 0.05) is 16.2 Å². The molecule has 0 radical (unpaired) electrons. The third kappa shape index (κ3) is 3.18. The van der Waals surface area contributed by atoms with Crippen LogP contribution in [0.15, 0.2) is 53.4 Å². The first kappa shape index (κ1) is 15.8. The number of carbonyl (C=O) groups excluding carboxylic acids is 1. The summed E-state index contributed by atoms with van der Waals surface area (Å²) in [6, 6.07) is 10.7. The molecule has 2 aromatic heterocycles. The first-order valence-corrected chi connectivity index (χ1v) is 8.10. The fraction of sp³-hybridized carbons (Fsp3) is 0.125. The van der Waals surface area contributed by atoms with Crippen LogP contribution in [0.4, 0.5) is 0 Å². The van der Waals surface area contributed by atoms with E-state index in [9.17, 15) is 4.79 Å². The Morgan fingerprint density at radius 2 is 2.13 bits per heavy atom. The van der Waals surface area contributed by atoms with Crippen LogP contribution in [0.3, 0.4) is 0 Å². The molecule has 0 aliphatic rings. The molecule has 5 nitrogen and oxygen atoms in total. The topological polar surface area (TPSA) is 60.7 Å². The van der Waals surface area contributed by atoms with Gasteiger partial charge in [-0.25, -0.2) is 0 Å². The summed E-state index contributed by atoms with van der Waals surface area (Å²) in [4.78, 5) is 17.0. The quantitative estimate of drug-likeness (QED) is 0.499. The maximum absolute atomic E-state index is 12.8. The molecule has 1 unspecified atom stereocenters. The van der Waals surface area contributed by atoms with E-state index in [0.29, 0.717) is 22.8 Å². The lowest BCUT2D eigenvalue weighted by atomic mass is 10.1. The molecule has 0 bridgehead atoms. The average Bonchev–Trinajstić information content (AvgIpc) is 3.04. The van der Waals surface area contributed by atoms with Crippen LogP contribution in [0.1, 0.15) is 34.2 Å². The number of carbonyl (C=O) groups is 1. The van der Waals surface area contributed by atoms with E-state index >= 15 is 0 Å². The molecule has 0 saturated heterocycles. The maximum Gasteiger partial charge on any atom is 0.213 e. The van der Waals surface area contributed by atoms with Gasteiger partial charge in [0.15, 0.2) is 5.82 Å². The van der Waals surface area contributed by atoms with Crippen molar-refractivity contribution in [3.8, 4) is 5.69 Å². The summed E-state index contributed by atoms with van der Waals surface area (Å²) in [7, 11) is 0. The van der Waals surface area contributed by atoms with Crippen LogP contribution in [0, 0.1) is 0 Å². The maximum atomic E-state index is 12.8. The summed E-state index contributed by atoms with van der Waals surface area (Å²) in [5, 5.41) is 7.60. The summed E-state index contributed by atoms with van der Waals surface area (Å²) >= 11 is 9.56. The molecule has 7 heteroatoms. The normalized spacial score (nSPS) is 12.1. The van der Waals surface area contributed by atoms with Crippen LogP contribution in [-0.4, -0.2) is 25.5 Å². The molecular formula is C16H12BrClN4O. The highest BCUT2D eigenvalue weighted by Gasteiger charge is 2.20. The lowest BCUT2D eigenvalue weighted by Crippen LogP contribution is -2.10. The van der Waals surface area contributed by atoms with Gasteiger partial charge in [0.2, 0.25) is 5.78 Å². The number of alkyl halides is 1. The van der Waals surface area contributed by atoms with Crippen molar-refractivity contribution in [2.24, 2.45) is 0 Å². The zero-order valence-corrected chi connectivity index (χ0v) is 14.5. The molecule has 1 atom stereocenters. The minimum absolute atomic E-state index is 0.177. The van der Waals surface area contributed by atoms with Crippen LogP contribution in [-0.2, 0) is 0 Å². The second-order valence-electron chi connectivity index (χ2n) is 4.88. The van der Waals surface area contributed by atoms with Gasteiger partial charge in [-0.05, 0) is 37.3 Å². The van der Waals surface area contributed by atoms with E-state index in [4.69, 9.17) is 11.6 Å². The standard InChI is InChI=1S/C16H12BrClN4O/c1-10(18)16-21-20-9-22(16)14-6-5-11(17)8-12(14)15(23)13-4-2-3-7-19-13/h2-10H,1H3. The lowest BCUT2D eigenvalue weighted by molar-refractivity contribution is 0.103. The second kappa shape index (κ2) is 6.60. The van der Waals surface area contributed by atoms with Gasteiger partial charge in [-0.15, -0.1) is 21.8 Å². The molecule has 0 N–H and O–H groups in total. The summed E-state index contributed by atoms with van der Waals surface area (Å²) in [6.07, 6.45) is 3.14. The number of rotatable bonds is 4. The minimum atomic E-state index is -0.334. The first-order chi connectivity index (χ1) is 11.1. The summed E-state index contributed by atoms with van der Waals surface area (Å²) in [6.45, 7) is 1.81. The van der Waals surface area contributed by atoms with Gasteiger partial charge in [-0.3, -0.25) is 14.3 Å². The molecule has 0 aliphatic heterocycles. The molecule has 3 aromatic rings.